The summed E-state index contributed by atoms with van der Waals surface area (Å²) in [6, 6.07) is 5.90. The third-order valence-corrected chi connectivity index (χ3v) is 4.13. The molecule has 0 aliphatic carbocycles. The van der Waals surface area contributed by atoms with Gasteiger partial charge in [0.1, 0.15) is 5.82 Å². The van der Waals surface area contributed by atoms with E-state index in [9.17, 15) is 4.39 Å². The van der Waals surface area contributed by atoms with Crippen LogP contribution in [0.15, 0.2) is 18.2 Å². The highest BCUT2D eigenvalue weighted by molar-refractivity contribution is 5.55. The number of anilines is 1. The zero-order chi connectivity index (χ0) is 14.5. The Bertz CT molecular complexity index is 436. The molecule has 0 amide bonds. The van der Waals surface area contributed by atoms with Crippen molar-refractivity contribution >= 4 is 5.69 Å². The van der Waals surface area contributed by atoms with Crippen LogP contribution in [0, 0.1) is 5.82 Å². The van der Waals surface area contributed by atoms with E-state index in [4.69, 9.17) is 0 Å². The quantitative estimate of drug-likeness (QED) is 0.913. The molecule has 0 bridgehead atoms. The summed E-state index contributed by atoms with van der Waals surface area (Å²) in [6.07, 6.45) is 2.21. The van der Waals surface area contributed by atoms with Gasteiger partial charge in [-0.2, -0.15) is 0 Å². The van der Waals surface area contributed by atoms with Crippen LogP contribution in [0.1, 0.15) is 25.3 Å². The van der Waals surface area contributed by atoms with E-state index >= 15 is 0 Å². The van der Waals surface area contributed by atoms with Gasteiger partial charge in [0.05, 0.1) is 0 Å². The van der Waals surface area contributed by atoms with Crippen molar-refractivity contribution in [2.24, 2.45) is 0 Å². The highest BCUT2D eigenvalue weighted by atomic mass is 19.1. The molecule has 4 heteroatoms. The maximum absolute atomic E-state index is 14.1. The van der Waals surface area contributed by atoms with E-state index in [1.54, 1.807) is 6.07 Å². The molecule has 0 radical (unpaired) electrons. The van der Waals surface area contributed by atoms with Gasteiger partial charge in [0.15, 0.2) is 0 Å². The number of hydrogen-bond donors (Lipinski definition) is 1. The van der Waals surface area contributed by atoms with Gasteiger partial charge in [-0.1, -0.05) is 13.0 Å². The third-order valence-electron chi connectivity index (χ3n) is 4.13. The first-order valence-corrected chi connectivity index (χ1v) is 7.54. The third kappa shape index (κ3) is 3.30. The molecule has 1 aromatic rings. The Labute approximate surface area is 121 Å². The van der Waals surface area contributed by atoms with Gasteiger partial charge < -0.3 is 15.1 Å². The Morgan fingerprint density at radius 2 is 2.15 bits per heavy atom. The van der Waals surface area contributed by atoms with Crippen molar-refractivity contribution < 1.29 is 4.39 Å². The maximum Gasteiger partial charge on any atom is 0.129 e. The molecule has 0 aromatic heterocycles. The fourth-order valence-corrected chi connectivity index (χ4v) is 3.08. The van der Waals surface area contributed by atoms with Crippen LogP contribution in [0.4, 0.5) is 10.1 Å². The molecule has 3 nitrogen and oxygen atoms in total. The average Bonchev–Trinajstić information content (AvgIpc) is 2.62. The van der Waals surface area contributed by atoms with Crippen molar-refractivity contribution in [2.75, 3.05) is 38.6 Å². The van der Waals surface area contributed by atoms with Crippen molar-refractivity contribution in [2.45, 2.75) is 32.4 Å². The van der Waals surface area contributed by atoms with Gasteiger partial charge in [-0.25, -0.2) is 4.39 Å². The first kappa shape index (κ1) is 15.3. The molecule has 1 saturated heterocycles. The molecule has 1 atom stereocenters. The van der Waals surface area contributed by atoms with Gasteiger partial charge in [-0.3, -0.25) is 0 Å². The Balaban J connectivity index is 2.34. The van der Waals surface area contributed by atoms with Crippen LogP contribution in [0.25, 0.3) is 0 Å². The Hall–Kier alpha value is -1.13. The van der Waals surface area contributed by atoms with Crippen molar-refractivity contribution in [1.82, 2.24) is 10.2 Å². The van der Waals surface area contributed by atoms with Crippen LogP contribution >= 0.6 is 0 Å². The summed E-state index contributed by atoms with van der Waals surface area (Å²) in [7, 11) is 4.04. The summed E-state index contributed by atoms with van der Waals surface area (Å²) < 4.78 is 14.1. The summed E-state index contributed by atoms with van der Waals surface area (Å²) in [4.78, 5) is 4.78. The molecule has 0 spiro atoms. The fraction of sp³-hybridized carbons (Fsp3) is 0.625. The van der Waals surface area contributed by atoms with E-state index in [0.29, 0.717) is 12.6 Å². The minimum Gasteiger partial charge on any atom is -0.367 e. The molecular formula is C16H26FN3. The van der Waals surface area contributed by atoms with Gasteiger partial charge in [0.2, 0.25) is 0 Å². The number of rotatable bonds is 4. The highest BCUT2D eigenvalue weighted by Crippen LogP contribution is 2.27. The largest absolute Gasteiger partial charge is 0.367 e. The predicted octanol–water partition coefficient (Wildman–Crippen LogP) is 2.47. The second-order valence-corrected chi connectivity index (χ2v) is 5.64. The fourth-order valence-electron chi connectivity index (χ4n) is 3.08. The van der Waals surface area contributed by atoms with E-state index < -0.39 is 0 Å². The zero-order valence-corrected chi connectivity index (χ0v) is 12.8. The molecule has 1 aliphatic heterocycles. The normalized spacial score (nSPS) is 21.0. The van der Waals surface area contributed by atoms with Gasteiger partial charge in [0.25, 0.3) is 0 Å². The number of halogens is 1. The molecule has 1 aliphatic rings. The molecule has 20 heavy (non-hydrogen) atoms. The number of nitrogens with zero attached hydrogens (tertiary/aromatic N) is 2. The van der Waals surface area contributed by atoms with Crippen LogP contribution < -0.4 is 10.2 Å². The highest BCUT2D eigenvalue weighted by Gasteiger charge is 2.24. The summed E-state index contributed by atoms with van der Waals surface area (Å²) >= 11 is 0. The Kier molecular flexibility index (Phi) is 5.38. The van der Waals surface area contributed by atoms with Crippen molar-refractivity contribution in [3.05, 3.63) is 29.6 Å². The van der Waals surface area contributed by atoms with E-state index in [2.05, 4.69) is 35.2 Å². The molecule has 2 rings (SSSR count). The number of benzene rings is 1. The van der Waals surface area contributed by atoms with E-state index in [-0.39, 0.29) is 5.82 Å². The summed E-state index contributed by atoms with van der Waals surface area (Å²) in [5.41, 5.74) is 1.85. The molecule has 1 unspecified atom stereocenters. The zero-order valence-electron chi connectivity index (χ0n) is 12.8. The van der Waals surface area contributed by atoms with E-state index in [0.717, 1.165) is 43.7 Å². The first-order valence-electron chi connectivity index (χ1n) is 7.54. The minimum absolute atomic E-state index is 0.107. The summed E-state index contributed by atoms with van der Waals surface area (Å²) in [5, 5.41) is 3.08. The smallest absolute Gasteiger partial charge is 0.129 e. The van der Waals surface area contributed by atoms with E-state index in [1.807, 2.05) is 13.1 Å². The molecule has 1 aromatic carbocycles. The van der Waals surface area contributed by atoms with E-state index in [1.165, 1.54) is 0 Å². The van der Waals surface area contributed by atoms with Gasteiger partial charge >= 0.3 is 0 Å². The van der Waals surface area contributed by atoms with Crippen molar-refractivity contribution in [1.29, 1.82) is 0 Å². The van der Waals surface area contributed by atoms with Crippen LogP contribution in [0.2, 0.25) is 0 Å². The predicted molar refractivity (Wildman–Crippen MR) is 82.7 cm³/mol. The average molecular weight is 279 g/mol. The summed E-state index contributed by atoms with van der Waals surface area (Å²) in [5.74, 6) is -0.107. The lowest BCUT2D eigenvalue weighted by Gasteiger charge is -2.34. The molecule has 112 valence electrons. The molecule has 1 fully saturated rings. The number of nitrogens with one attached hydrogen (secondary N) is 1. The van der Waals surface area contributed by atoms with Crippen LogP contribution in [0.3, 0.4) is 0 Å². The standard InChI is InChI=1S/C16H26FN3/c1-4-13-12-19(3)9-6-10-20(13)16-8-5-7-15(17)14(16)11-18-2/h5,7-8,13,18H,4,6,9-12H2,1-3H3. The van der Waals surface area contributed by atoms with Crippen LogP contribution in [-0.2, 0) is 6.54 Å². The lowest BCUT2D eigenvalue weighted by Crippen LogP contribution is -2.40. The Morgan fingerprint density at radius 1 is 1.35 bits per heavy atom. The maximum atomic E-state index is 14.1. The molecule has 1 heterocycles. The topological polar surface area (TPSA) is 18.5 Å². The van der Waals surface area contributed by atoms with Gasteiger partial charge in [-0.05, 0) is 45.6 Å². The Morgan fingerprint density at radius 3 is 2.85 bits per heavy atom. The molecule has 1 N–H and O–H groups in total. The SMILES string of the molecule is CCC1CN(C)CCCN1c1cccc(F)c1CNC. The van der Waals surface area contributed by atoms with Crippen molar-refractivity contribution in [3.63, 3.8) is 0 Å². The van der Waals surface area contributed by atoms with Crippen molar-refractivity contribution in [3.8, 4) is 0 Å². The second-order valence-electron chi connectivity index (χ2n) is 5.64. The number of likely N-dealkylation sites (N-methyl/N-ethyl adjacent to an activating group) is 1. The van der Waals surface area contributed by atoms with Crippen LogP contribution in [-0.4, -0.2) is 44.7 Å². The van der Waals surface area contributed by atoms with Crippen LogP contribution in [0.5, 0.6) is 0 Å². The first-order chi connectivity index (χ1) is 9.67. The summed E-state index contributed by atoms with van der Waals surface area (Å²) in [6.45, 7) is 5.96. The van der Waals surface area contributed by atoms with Gasteiger partial charge in [0, 0.05) is 36.9 Å². The molecule has 0 saturated carbocycles. The van der Waals surface area contributed by atoms with Gasteiger partial charge in [-0.15, -0.1) is 0 Å². The minimum atomic E-state index is -0.107. The number of hydrogen-bond acceptors (Lipinski definition) is 3. The molecular weight excluding hydrogens is 253 g/mol. The lowest BCUT2D eigenvalue weighted by molar-refractivity contribution is 0.328. The second kappa shape index (κ2) is 7.04. The monoisotopic (exact) mass is 279 g/mol. The lowest BCUT2D eigenvalue weighted by atomic mass is 10.1.